The smallest absolute Gasteiger partial charge is 0.384 e. The van der Waals surface area contributed by atoms with Gasteiger partial charge < -0.3 is 14.0 Å². The highest BCUT2D eigenvalue weighted by molar-refractivity contribution is 7.13. The number of aromatic nitrogens is 2. The van der Waals surface area contributed by atoms with Crippen LogP contribution in [0.4, 0.5) is 0 Å². The molecule has 1 aliphatic heterocycles. The molecule has 0 atom stereocenters. The molecule has 3 heterocycles. The number of carbonyl (C=O) groups excluding carboxylic acids is 2. The molecule has 0 radical (unpaired) electrons. The maximum absolute atomic E-state index is 12.1. The van der Waals surface area contributed by atoms with Crippen molar-refractivity contribution in [3.63, 3.8) is 0 Å². The lowest BCUT2D eigenvalue weighted by Crippen LogP contribution is -2.07. The Morgan fingerprint density at radius 2 is 1.92 bits per heavy atom. The average Bonchev–Trinajstić information content (AvgIpc) is 3.33. The van der Waals surface area contributed by atoms with E-state index in [1.807, 2.05) is 17.5 Å². The number of benzene rings is 1. The van der Waals surface area contributed by atoms with Gasteiger partial charge in [0.15, 0.2) is 5.70 Å². The summed E-state index contributed by atoms with van der Waals surface area (Å²) in [4.78, 5) is 28.4. The van der Waals surface area contributed by atoms with Crippen molar-refractivity contribution in [1.82, 2.24) is 9.55 Å². The topological polar surface area (TPSA) is 70.4 Å². The van der Waals surface area contributed by atoms with Crippen LogP contribution in [0.25, 0.3) is 27.7 Å². The molecule has 1 aromatic carbocycles. The van der Waals surface area contributed by atoms with Crippen molar-refractivity contribution in [2.24, 2.45) is 0 Å². The summed E-state index contributed by atoms with van der Waals surface area (Å²) in [5.74, 6) is -1.67. The van der Waals surface area contributed by atoms with E-state index in [1.54, 1.807) is 35.0 Å². The zero-order valence-corrected chi connectivity index (χ0v) is 15.0. The fraction of sp³-hybridized carbons (Fsp3) is 0.0556. The number of hydrogen-bond donors (Lipinski definition) is 0. The van der Waals surface area contributed by atoms with Crippen LogP contribution in [0, 0.1) is 0 Å². The Bertz CT molecular complexity index is 1050. The van der Waals surface area contributed by atoms with Crippen molar-refractivity contribution in [2.75, 3.05) is 7.11 Å². The predicted octanol–water partition coefficient (Wildman–Crippen LogP) is 3.83. The SMILES string of the molecule is COC1=C(n2cccc2-c2nc(-c3ccc(Cl)cc3)cs2)C(=O)OC1=O. The molecule has 2 aromatic heterocycles. The maximum atomic E-state index is 12.1. The highest BCUT2D eigenvalue weighted by Gasteiger charge is 2.36. The molecule has 0 spiro atoms. The molecule has 0 saturated heterocycles. The molecule has 0 N–H and O–H groups in total. The van der Waals surface area contributed by atoms with Crippen molar-refractivity contribution >= 4 is 40.6 Å². The zero-order valence-electron chi connectivity index (χ0n) is 13.4. The van der Waals surface area contributed by atoms with Gasteiger partial charge in [-0.15, -0.1) is 11.3 Å². The summed E-state index contributed by atoms with van der Waals surface area (Å²) < 4.78 is 11.2. The number of rotatable bonds is 4. The zero-order chi connectivity index (χ0) is 18.3. The molecule has 0 saturated carbocycles. The van der Waals surface area contributed by atoms with Gasteiger partial charge in [0.2, 0.25) is 5.76 Å². The highest BCUT2D eigenvalue weighted by atomic mass is 35.5. The number of ether oxygens (including phenoxy) is 2. The molecular weight excluding hydrogens is 376 g/mol. The fourth-order valence-corrected chi connectivity index (χ4v) is 3.63. The van der Waals surface area contributed by atoms with E-state index in [0.29, 0.717) is 15.7 Å². The number of cyclic esters (lactones) is 2. The second-order valence-corrected chi connectivity index (χ2v) is 6.66. The van der Waals surface area contributed by atoms with Gasteiger partial charge in [0, 0.05) is 22.2 Å². The summed E-state index contributed by atoms with van der Waals surface area (Å²) in [5, 5.41) is 3.26. The van der Waals surface area contributed by atoms with E-state index in [4.69, 9.17) is 16.3 Å². The first-order valence-electron chi connectivity index (χ1n) is 7.53. The molecular formula is C18H11ClN2O4S. The summed E-state index contributed by atoms with van der Waals surface area (Å²) in [6.45, 7) is 0. The van der Waals surface area contributed by atoms with Gasteiger partial charge in [0.1, 0.15) is 5.01 Å². The molecule has 0 aliphatic carbocycles. The van der Waals surface area contributed by atoms with E-state index in [2.05, 4.69) is 9.72 Å². The number of esters is 2. The number of hydrogen-bond acceptors (Lipinski definition) is 6. The molecule has 4 rings (SSSR count). The minimum atomic E-state index is -0.798. The number of nitrogens with zero attached hydrogens (tertiary/aromatic N) is 2. The largest absolute Gasteiger partial charge is 0.488 e. The summed E-state index contributed by atoms with van der Waals surface area (Å²) in [6.07, 6.45) is 1.66. The van der Waals surface area contributed by atoms with Gasteiger partial charge in [0.25, 0.3) is 0 Å². The molecule has 0 fully saturated rings. The van der Waals surface area contributed by atoms with Gasteiger partial charge in [-0.2, -0.15) is 0 Å². The normalized spacial score (nSPS) is 14.1. The molecule has 0 amide bonds. The maximum Gasteiger partial charge on any atom is 0.384 e. The Morgan fingerprint density at radius 3 is 2.65 bits per heavy atom. The summed E-state index contributed by atoms with van der Waals surface area (Å²) >= 11 is 7.35. The molecule has 26 heavy (non-hydrogen) atoms. The number of methoxy groups -OCH3 is 1. The first-order chi connectivity index (χ1) is 12.6. The van der Waals surface area contributed by atoms with Crippen LogP contribution in [-0.4, -0.2) is 28.6 Å². The third kappa shape index (κ3) is 2.71. The predicted molar refractivity (Wildman–Crippen MR) is 97.3 cm³/mol. The van der Waals surface area contributed by atoms with Gasteiger partial charge in [-0.05, 0) is 24.3 Å². The lowest BCUT2D eigenvalue weighted by molar-refractivity contribution is -0.151. The van der Waals surface area contributed by atoms with Crippen LogP contribution in [0.3, 0.4) is 0 Å². The third-order valence-corrected chi connectivity index (χ3v) is 4.95. The lowest BCUT2D eigenvalue weighted by atomic mass is 10.2. The fourth-order valence-electron chi connectivity index (χ4n) is 2.65. The monoisotopic (exact) mass is 386 g/mol. The quantitative estimate of drug-likeness (QED) is 0.503. The Kier molecular flexibility index (Phi) is 4.10. The highest BCUT2D eigenvalue weighted by Crippen LogP contribution is 2.33. The van der Waals surface area contributed by atoms with Crippen LogP contribution in [0.15, 0.2) is 53.7 Å². The van der Waals surface area contributed by atoms with Crippen LogP contribution in [0.2, 0.25) is 5.02 Å². The van der Waals surface area contributed by atoms with Crippen LogP contribution >= 0.6 is 22.9 Å². The van der Waals surface area contributed by atoms with E-state index in [-0.39, 0.29) is 11.5 Å². The number of halogens is 1. The summed E-state index contributed by atoms with van der Waals surface area (Å²) in [7, 11) is 1.32. The van der Waals surface area contributed by atoms with E-state index >= 15 is 0 Å². The molecule has 130 valence electrons. The van der Waals surface area contributed by atoms with Gasteiger partial charge in [-0.25, -0.2) is 14.6 Å². The van der Waals surface area contributed by atoms with Crippen molar-refractivity contribution in [3.05, 3.63) is 58.8 Å². The van der Waals surface area contributed by atoms with Crippen LogP contribution in [0.1, 0.15) is 0 Å². The first-order valence-corrected chi connectivity index (χ1v) is 8.78. The Labute approximate surface area is 157 Å². The summed E-state index contributed by atoms with van der Waals surface area (Å²) in [5.41, 5.74) is 2.43. The van der Waals surface area contributed by atoms with E-state index < -0.39 is 11.9 Å². The van der Waals surface area contributed by atoms with Gasteiger partial charge >= 0.3 is 11.9 Å². The van der Waals surface area contributed by atoms with Crippen molar-refractivity contribution in [1.29, 1.82) is 0 Å². The minimum absolute atomic E-state index is 0.0424. The van der Waals surface area contributed by atoms with Crippen molar-refractivity contribution in [2.45, 2.75) is 0 Å². The van der Waals surface area contributed by atoms with Crippen LogP contribution in [0.5, 0.6) is 0 Å². The molecule has 0 bridgehead atoms. The van der Waals surface area contributed by atoms with E-state index in [0.717, 1.165) is 11.3 Å². The minimum Gasteiger partial charge on any atom is -0.488 e. The number of carbonyl (C=O) groups is 2. The molecule has 6 nitrogen and oxygen atoms in total. The van der Waals surface area contributed by atoms with Crippen molar-refractivity contribution < 1.29 is 19.1 Å². The Morgan fingerprint density at radius 1 is 1.15 bits per heavy atom. The van der Waals surface area contributed by atoms with Gasteiger partial charge in [-0.1, -0.05) is 23.7 Å². The van der Waals surface area contributed by atoms with Crippen LogP contribution in [-0.2, 0) is 19.1 Å². The van der Waals surface area contributed by atoms with E-state index in [1.165, 1.54) is 18.4 Å². The van der Waals surface area contributed by atoms with Gasteiger partial charge in [-0.3, -0.25) is 0 Å². The second-order valence-electron chi connectivity index (χ2n) is 5.37. The first kappa shape index (κ1) is 16.6. The second kappa shape index (κ2) is 6.44. The molecule has 8 heteroatoms. The van der Waals surface area contributed by atoms with E-state index in [9.17, 15) is 9.59 Å². The lowest BCUT2D eigenvalue weighted by Gasteiger charge is -2.06. The standard InChI is InChI=1S/C18H11ClN2O4S/c1-24-15-14(17(22)25-18(15)23)21-8-2-3-13(21)16-20-12(9-26-16)10-4-6-11(19)7-5-10/h2-9H,1H3. The van der Waals surface area contributed by atoms with Crippen molar-refractivity contribution in [3.8, 4) is 22.0 Å². The Balaban J connectivity index is 1.77. The average molecular weight is 387 g/mol. The van der Waals surface area contributed by atoms with Gasteiger partial charge in [0.05, 0.1) is 18.5 Å². The molecule has 1 aliphatic rings. The molecule has 0 unspecified atom stereocenters. The third-order valence-electron chi connectivity index (χ3n) is 3.84. The number of thiazole rings is 1. The Hall–Kier alpha value is -2.90. The van der Waals surface area contributed by atoms with Crippen LogP contribution < -0.4 is 0 Å². The molecule has 3 aromatic rings. The summed E-state index contributed by atoms with van der Waals surface area (Å²) in [6, 6.07) is 10.9.